The number of nitro benzene ring substituents is 1. The van der Waals surface area contributed by atoms with Crippen molar-refractivity contribution in [3.05, 3.63) is 39.9 Å². The van der Waals surface area contributed by atoms with Crippen LogP contribution in [-0.2, 0) is 14.3 Å². The Morgan fingerprint density at radius 3 is 2.46 bits per heavy atom. The van der Waals surface area contributed by atoms with E-state index in [0.29, 0.717) is 0 Å². The number of non-ortho nitro benzene ring substituents is 1. The first-order chi connectivity index (χ1) is 12.3. The fourth-order valence-corrected chi connectivity index (χ4v) is 2.15. The van der Waals surface area contributed by atoms with Crippen molar-refractivity contribution in [3.8, 4) is 0 Å². The Morgan fingerprint density at radius 2 is 1.88 bits per heavy atom. The first-order valence-electron chi connectivity index (χ1n) is 8.31. The minimum absolute atomic E-state index is 0.0205. The van der Waals surface area contributed by atoms with Gasteiger partial charge in [-0.05, 0) is 25.5 Å². The second kappa shape index (κ2) is 10.8. The third-order valence-corrected chi connectivity index (χ3v) is 3.45. The molecule has 0 saturated carbocycles. The quantitative estimate of drug-likeness (QED) is 0.368. The lowest BCUT2D eigenvalue weighted by Crippen LogP contribution is -2.36. The summed E-state index contributed by atoms with van der Waals surface area (Å²) in [5, 5.41) is 15.8. The molecule has 0 bridgehead atoms. The molecule has 0 saturated heterocycles. The third kappa shape index (κ3) is 7.73. The van der Waals surface area contributed by atoms with Crippen molar-refractivity contribution in [3.63, 3.8) is 0 Å². The lowest BCUT2D eigenvalue weighted by atomic mass is 10.2. The van der Waals surface area contributed by atoms with Crippen molar-refractivity contribution in [1.29, 1.82) is 0 Å². The molecule has 0 unspecified atom stereocenters. The Labute approximate surface area is 151 Å². The molecule has 2 amide bonds. The maximum Gasteiger partial charge on any atom is 0.308 e. The number of nitro groups is 1. The minimum Gasteiger partial charge on any atom is -0.456 e. The molecule has 0 fully saturated rings. The van der Waals surface area contributed by atoms with Gasteiger partial charge in [-0.3, -0.25) is 24.5 Å². The van der Waals surface area contributed by atoms with Crippen LogP contribution in [-0.4, -0.2) is 41.9 Å². The molecule has 1 atom stereocenters. The molecule has 0 spiro atoms. The van der Waals surface area contributed by atoms with E-state index in [4.69, 9.17) is 4.74 Å². The van der Waals surface area contributed by atoms with Gasteiger partial charge in [0.25, 0.3) is 17.5 Å². The molecule has 1 rings (SSSR count). The van der Waals surface area contributed by atoms with Crippen molar-refractivity contribution in [2.75, 3.05) is 13.2 Å². The SMILES string of the molecule is CCC[C@@H](C)NC(=O)COC(=O)CCNC(=O)c1ccc([N+](=O)[O-])cc1. The molecule has 26 heavy (non-hydrogen) atoms. The summed E-state index contributed by atoms with van der Waals surface area (Å²) >= 11 is 0. The van der Waals surface area contributed by atoms with Crippen LogP contribution >= 0.6 is 0 Å². The van der Waals surface area contributed by atoms with Gasteiger partial charge in [0.1, 0.15) is 0 Å². The highest BCUT2D eigenvalue weighted by atomic mass is 16.6. The van der Waals surface area contributed by atoms with E-state index in [2.05, 4.69) is 10.6 Å². The largest absolute Gasteiger partial charge is 0.456 e. The second-order valence-electron chi connectivity index (χ2n) is 5.73. The van der Waals surface area contributed by atoms with Crippen LogP contribution in [0.15, 0.2) is 24.3 Å². The summed E-state index contributed by atoms with van der Waals surface area (Å²) in [6.45, 7) is 3.55. The molecule has 0 heterocycles. The average molecular weight is 365 g/mol. The highest BCUT2D eigenvalue weighted by molar-refractivity contribution is 5.94. The highest BCUT2D eigenvalue weighted by Crippen LogP contribution is 2.11. The van der Waals surface area contributed by atoms with E-state index >= 15 is 0 Å². The molecule has 9 heteroatoms. The van der Waals surface area contributed by atoms with Gasteiger partial charge in [0.2, 0.25) is 0 Å². The van der Waals surface area contributed by atoms with Crippen LogP contribution in [0.1, 0.15) is 43.5 Å². The van der Waals surface area contributed by atoms with Crippen molar-refractivity contribution in [1.82, 2.24) is 10.6 Å². The summed E-state index contributed by atoms with van der Waals surface area (Å²) in [5.41, 5.74) is 0.130. The molecule has 0 aromatic heterocycles. The molecule has 0 radical (unpaired) electrons. The molecule has 0 aliphatic heterocycles. The molecule has 2 N–H and O–H groups in total. The zero-order valence-electron chi connectivity index (χ0n) is 14.8. The predicted octanol–water partition coefficient (Wildman–Crippen LogP) is 1.56. The standard InChI is InChI=1S/C17H23N3O6/c1-3-4-12(2)19-15(21)11-26-16(22)9-10-18-17(23)13-5-7-14(8-6-13)20(24)25/h5-8,12H,3-4,9-11H2,1-2H3,(H,18,23)(H,19,21)/t12-/m1/s1. The maximum atomic E-state index is 11.9. The number of benzene rings is 1. The van der Waals surface area contributed by atoms with Crippen molar-refractivity contribution >= 4 is 23.5 Å². The van der Waals surface area contributed by atoms with E-state index in [-0.39, 0.29) is 42.8 Å². The number of nitrogens with one attached hydrogen (secondary N) is 2. The Morgan fingerprint density at radius 1 is 1.23 bits per heavy atom. The minimum atomic E-state index is -0.604. The van der Waals surface area contributed by atoms with Crippen LogP contribution < -0.4 is 10.6 Å². The van der Waals surface area contributed by atoms with Crippen molar-refractivity contribution in [2.45, 2.75) is 39.2 Å². The molecule has 1 aromatic carbocycles. The second-order valence-corrected chi connectivity index (χ2v) is 5.73. The fraction of sp³-hybridized carbons (Fsp3) is 0.471. The van der Waals surface area contributed by atoms with Crippen molar-refractivity contribution in [2.24, 2.45) is 0 Å². The summed E-state index contributed by atoms with van der Waals surface area (Å²) in [5.74, 6) is -1.43. The fourth-order valence-electron chi connectivity index (χ4n) is 2.15. The van der Waals surface area contributed by atoms with E-state index in [1.165, 1.54) is 24.3 Å². The van der Waals surface area contributed by atoms with Crippen LogP contribution in [0.4, 0.5) is 5.69 Å². The number of carbonyl (C=O) groups excluding carboxylic acids is 3. The number of ether oxygens (including phenoxy) is 1. The Bertz CT molecular complexity index is 644. The van der Waals surface area contributed by atoms with Crippen LogP contribution in [0.3, 0.4) is 0 Å². The van der Waals surface area contributed by atoms with Crippen LogP contribution in [0.2, 0.25) is 0 Å². The number of rotatable bonds is 10. The summed E-state index contributed by atoms with van der Waals surface area (Å²) in [6.07, 6.45) is 1.70. The van der Waals surface area contributed by atoms with Crippen LogP contribution in [0, 0.1) is 10.1 Å². The van der Waals surface area contributed by atoms with E-state index < -0.39 is 16.8 Å². The summed E-state index contributed by atoms with van der Waals surface area (Å²) in [4.78, 5) is 45.0. The van der Waals surface area contributed by atoms with E-state index in [0.717, 1.165) is 12.8 Å². The van der Waals surface area contributed by atoms with Gasteiger partial charge in [-0.2, -0.15) is 0 Å². The molecule has 0 aliphatic carbocycles. The topological polar surface area (TPSA) is 128 Å². The molecule has 0 aliphatic rings. The Kier molecular flexibility index (Phi) is 8.76. The zero-order chi connectivity index (χ0) is 19.5. The van der Waals surface area contributed by atoms with Crippen molar-refractivity contribution < 1.29 is 24.0 Å². The zero-order valence-corrected chi connectivity index (χ0v) is 14.8. The smallest absolute Gasteiger partial charge is 0.308 e. The van der Waals surface area contributed by atoms with E-state index in [1.54, 1.807) is 0 Å². The molecular weight excluding hydrogens is 342 g/mol. The monoisotopic (exact) mass is 365 g/mol. The Balaban J connectivity index is 2.27. The number of esters is 1. The van der Waals surface area contributed by atoms with Crippen LogP contribution in [0.5, 0.6) is 0 Å². The predicted molar refractivity (Wildman–Crippen MR) is 93.5 cm³/mol. The number of amides is 2. The van der Waals surface area contributed by atoms with Gasteiger partial charge < -0.3 is 15.4 Å². The first kappa shape index (κ1) is 21.1. The lowest BCUT2D eigenvalue weighted by molar-refractivity contribution is -0.384. The van der Waals surface area contributed by atoms with E-state index in [9.17, 15) is 24.5 Å². The van der Waals surface area contributed by atoms with Gasteiger partial charge in [0.15, 0.2) is 6.61 Å². The highest BCUT2D eigenvalue weighted by Gasteiger charge is 2.12. The summed E-state index contributed by atoms with van der Waals surface area (Å²) in [7, 11) is 0. The van der Waals surface area contributed by atoms with Gasteiger partial charge in [-0.15, -0.1) is 0 Å². The first-order valence-corrected chi connectivity index (χ1v) is 8.31. The Hall–Kier alpha value is -2.97. The number of nitrogens with zero attached hydrogens (tertiary/aromatic N) is 1. The molecular formula is C17H23N3O6. The van der Waals surface area contributed by atoms with Gasteiger partial charge in [0.05, 0.1) is 11.3 Å². The van der Waals surface area contributed by atoms with Gasteiger partial charge in [-0.25, -0.2) is 0 Å². The summed E-state index contributed by atoms with van der Waals surface area (Å²) < 4.78 is 4.84. The third-order valence-electron chi connectivity index (χ3n) is 3.45. The number of hydrogen-bond acceptors (Lipinski definition) is 6. The maximum absolute atomic E-state index is 11.9. The lowest BCUT2D eigenvalue weighted by Gasteiger charge is -2.12. The van der Waals surface area contributed by atoms with Gasteiger partial charge >= 0.3 is 5.97 Å². The average Bonchev–Trinajstić information content (AvgIpc) is 2.60. The van der Waals surface area contributed by atoms with Gasteiger partial charge in [-0.1, -0.05) is 13.3 Å². The number of carbonyl (C=O) groups is 3. The van der Waals surface area contributed by atoms with Crippen LogP contribution in [0.25, 0.3) is 0 Å². The normalized spacial score (nSPS) is 11.3. The molecule has 142 valence electrons. The van der Waals surface area contributed by atoms with Gasteiger partial charge in [0, 0.05) is 30.3 Å². The van der Waals surface area contributed by atoms with E-state index in [1.807, 2.05) is 13.8 Å². The molecule has 1 aromatic rings. The molecule has 9 nitrogen and oxygen atoms in total. The number of hydrogen-bond donors (Lipinski definition) is 2. The summed E-state index contributed by atoms with van der Waals surface area (Å²) in [6, 6.07) is 5.12.